The minimum absolute atomic E-state index is 0.118. The lowest BCUT2D eigenvalue weighted by Gasteiger charge is -2.15. The number of halogens is 1. The highest BCUT2D eigenvalue weighted by atomic mass is 79.9. The number of esters is 1. The van der Waals surface area contributed by atoms with E-state index in [4.69, 9.17) is 14.2 Å². The Kier molecular flexibility index (Phi) is 7.07. The highest BCUT2D eigenvalue weighted by Crippen LogP contribution is 2.26. The van der Waals surface area contributed by atoms with Crippen molar-refractivity contribution in [1.82, 2.24) is 8.97 Å². The van der Waals surface area contributed by atoms with Crippen LogP contribution >= 0.6 is 15.9 Å². The van der Waals surface area contributed by atoms with E-state index in [1.54, 1.807) is 37.8 Å². The third-order valence-corrected chi connectivity index (χ3v) is 5.97. The number of carbonyl (C=O) groups excluding carboxylic acids is 1. The van der Waals surface area contributed by atoms with E-state index >= 15 is 0 Å². The highest BCUT2D eigenvalue weighted by Gasteiger charge is 2.14. The number of benzene rings is 2. The van der Waals surface area contributed by atoms with Gasteiger partial charge in [0.25, 0.3) is 5.56 Å². The van der Waals surface area contributed by atoms with Gasteiger partial charge in [-0.15, -0.1) is 0 Å². The molecule has 0 spiro atoms. The molecule has 34 heavy (non-hydrogen) atoms. The number of methoxy groups -OCH3 is 2. The molecule has 4 aromatic rings. The summed E-state index contributed by atoms with van der Waals surface area (Å²) < 4.78 is 20.3. The Morgan fingerprint density at radius 3 is 2.59 bits per heavy atom. The first-order valence-electron chi connectivity index (χ1n) is 10.8. The molecule has 0 aliphatic heterocycles. The summed E-state index contributed by atoms with van der Waals surface area (Å²) in [5, 5.41) is 0. The molecule has 0 N–H and O–H groups in total. The second-order valence-corrected chi connectivity index (χ2v) is 8.66. The Bertz CT molecular complexity index is 1410. The Labute approximate surface area is 205 Å². The number of hydrogen-bond donors (Lipinski definition) is 0. The summed E-state index contributed by atoms with van der Waals surface area (Å²) in [4.78, 5) is 25.5. The number of hydrogen-bond acceptors (Lipinski definition) is 5. The van der Waals surface area contributed by atoms with Crippen LogP contribution in [0.3, 0.4) is 0 Å². The smallest absolute Gasteiger partial charge is 0.338 e. The molecule has 0 saturated carbocycles. The second-order valence-electron chi connectivity index (χ2n) is 7.74. The zero-order chi connectivity index (χ0) is 24.2. The molecule has 0 bridgehead atoms. The van der Waals surface area contributed by atoms with E-state index in [0.717, 1.165) is 21.3 Å². The molecule has 0 unspecified atom stereocenters. The maximum absolute atomic E-state index is 13.3. The van der Waals surface area contributed by atoms with Gasteiger partial charge in [0.15, 0.2) is 0 Å². The van der Waals surface area contributed by atoms with Crippen LogP contribution in [0.15, 0.2) is 70.2 Å². The Balaban J connectivity index is 1.76. The summed E-state index contributed by atoms with van der Waals surface area (Å²) in [7, 11) is 3.19. The van der Waals surface area contributed by atoms with Gasteiger partial charge in [-0.05, 0) is 58.7 Å². The summed E-state index contributed by atoms with van der Waals surface area (Å²) in [6, 6.07) is 14.7. The van der Waals surface area contributed by atoms with E-state index in [1.165, 1.54) is 0 Å². The van der Waals surface area contributed by atoms with Gasteiger partial charge in [-0.3, -0.25) is 4.79 Å². The van der Waals surface area contributed by atoms with Crippen LogP contribution in [0.2, 0.25) is 0 Å². The molecule has 0 radical (unpaired) electrons. The van der Waals surface area contributed by atoms with Crippen molar-refractivity contribution in [2.75, 3.05) is 20.8 Å². The van der Waals surface area contributed by atoms with Crippen molar-refractivity contribution in [3.05, 3.63) is 98.1 Å². The summed E-state index contributed by atoms with van der Waals surface area (Å²) in [6.45, 7) is 2.44. The summed E-state index contributed by atoms with van der Waals surface area (Å²) in [5.41, 5.74) is 3.62. The first kappa shape index (κ1) is 23.6. The SMILES string of the molecule is CCOC(=O)c1cccc(Cc2cn(Cc3ccc(OC)cc3OC)c(=O)c3cc(Br)cn23)c1. The van der Waals surface area contributed by atoms with Crippen LogP contribution in [-0.2, 0) is 17.7 Å². The van der Waals surface area contributed by atoms with Gasteiger partial charge in [0.05, 0.1) is 32.9 Å². The van der Waals surface area contributed by atoms with E-state index in [1.807, 2.05) is 53.2 Å². The molecule has 0 saturated heterocycles. The maximum Gasteiger partial charge on any atom is 0.338 e. The minimum atomic E-state index is -0.352. The van der Waals surface area contributed by atoms with Crippen LogP contribution in [0, 0.1) is 0 Å². The molecule has 2 aromatic carbocycles. The monoisotopic (exact) mass is 524 g/mol. The molecule has 8 heteroatoms. The lowest BCUT2D eigenvalue weighted by atomic mass is 10.1. The van der Waals surface area contributed by atoms with Crippen LogP contribution in [0.5, 0.6) is 11.5 Å². The van der Waals surface area contributed by atoms with Crippen LogP contribution in [-0.4, -0.2) is 35.8 Å². The largest absolute Gasteiger partial charge is 0.497 e. The van der Waals surface area contributed by atoms with Gasteiger partial charge in [-0.1, -0.05) is 12.1 Å². The summed E-state index contributed by atoms with van der Waals surface area (Å²) in [6.07, 6.45) is 4.24. The van der Waals surface area contributed by atoms with Crippen molar-refractivity contribution < 1.29 is 19.0 Å². The van der Waals surface area contributed by atoms with Crippen LogP contribution in [0.1, 0.15) is 34.1 Å². The number of fused-ring (bicyclic) bond motifs is 1. The van der Waals surface area contributed by atoms with Crippen molar-refractivity contribution in [3.8, 4) is 11.5 Å². The highest BCUT2D eigenvalue weighted by molar-refractivity contribution is 9.10. The third kappa shape index (κ3) is 4.87. The van der Waals surface area contributed by atoms with Gasteiger partial charge >= 0.3 is 5.97 Å². The Morgan fingerprint density at radius 2 is 1.85 bits per heavy atom. The van der Waals surface area contributed by atoms with E-state index < -0.39 is 0 Å². The van der Waals surface area contributed by atoms with Crippen LogP contribution in [0.25, 0.3) is 5.52 Å². The van der Waals surface area contributed by atoms with Gasteiger partial charge in [-0.2, -0.15) is 0 Å². The Morgan fingerprint density at radius 1 is 1.03 bits per heavy atom. The lowest BCUT2D eigenvalue weighted by Crippen LogP contribution is -2.24. The number of carbonyl (C=O) groups is 1. The standard InChI is InChI=1S/C26H25BrN2O5/c1-4-34-26(31)18-7-5-6-17(10-18)11-21-16-28(25(30)23-12-20(27)15-29(21)23)14-19-8-9-22(32-2)13-24(19)33-3/h5-10,12-13,15-16H,4,11,14H2,1-3H3. The topological polar surface area (TPSA) is 71.2 Å². The number of nitrogens with zero attached hydrogens (tertiary/aromatic N) is 2. The molecule has 2 heterocycles. The minimum Gasteiger partial charge on any atom is -0.497 e. The quantitative estimate of drug-likeness (QED) is 0.312. The van der Waals surface area contributed by atoms with Crippen LogP contribution < -0.4 is 15.0 Å². The molecule has 0 amide bonds. The lowest BCUT2D eigenvalue weighted by molar-refractivity contribution is 0.0526. The van der Waals surface area contributed by atoms with Crippen molar-refractivity contribution >= 4 is 27.4 Å². The Hall–Kier alpha value is -3.52. The summed E-state index contributed by atoms with van der Waals surface area (Å²) in [5.74, 6) is 0.974. The van der Waals surface area contributed by atoms with E-state index in [2.05, 4.69) is 15.9 Å². The fraction of sp³-hybridized carbons (Fsp3) is 0.231. The predicted octanol–water partition coefficient (Wildman–Crippen LogP) is 4.70. The first-order chi connectivity index (χ1) is 16.4. The molecule has 0 aliphatic carbocycles. The number of aromatic nitrogens is 2. The fourth-order valence-corrected chi connectivity index (χ4v) is 4.35. The van der Waals surface area contributed by atoms with Crippen molar-refractivity contribution in [1.29, 1.82) is 0 Å². The van der Waals surface area contributed by atoms with E-state index in [0.29, 0.717) is 42.2 Å². The summed E-state index contributed by atoms with van der Waals surface area (Å²) >= 11 is 3.49. The van der Waals surface area contributed by atoms with Crippen molar-refractivity contribution in [3.63, 3.8) is 0 Å². The predicted molar refractivity (Wildman–Crippen MR) is 133 cm³/mol. The molecule has 4 rings (SSSR count). The van der Waals surface area contributed by atoms with Gasteiger partial charge in [-0.25, -0.2) is 4.79 Å². The molecular weight excluding hydrogens is 500 g/mol. The third-order valence-electron chi connectivity index (χ3n) is 5.54. The zero-order valence-electron chi connectivity index (χ0n) is 19.2. The normalized spacial score (nSPS) is 10.9. The molecule has 2 aromatic heterocycles. The van der Waals surface area contributed by atoms with E-state index in [-0.39, 0.29) is 11.5 Å². The van der Waals surface area contributed by atoms with E-state index in [9.17, 15) is 9.59 Å². The molecule has 0 aliphatic rings. The first-order valence-corrected chi connectivity index (χ1v) is 11.6. The zero-order valence-corrected chi connectivity index (χ0v) is 20.8. The molecule has 0 fully saturated rings. The second kappa shape index (κ2) is 10.2. The fourth-order valence-electron chi connectivity index (χ4n) is 3.93. The maximum atomic E-state index is 13.3. The van der Waals surface area contributed by atoms with Crippen molar-refractivity contribution in [2.45, 2.75) is 19.9 Å². The van der Waals surface area contributed by atoms with Gasteiger partial charge < -0.3 is 23.2 Å². The molecule has 7 nitrogen and oxygen atoms in total. The number of ether oxygens (including phenoxy) is 3. The molecule has 0 atom stereocenters. The van der Waals surface area contributed by atoms with Gasteiger partial charge in [0, 0.05) is 40.6 Å². The molecular formula is C26H25BrN2O5. The molecule has 176 valence electrons. The van der Waals surface area contributed by atoms with Crippen molar-refractivity contribution in [2.24, 2.45) is 0 Å². The van der Waals surface area contributed by atoms with Gasteiger partial charge in [0.2, 0.25) is 0 Å². The van der Waals surface area contributed by atoms with Crippen LogP contribution in [0.4, 0.5) is 0 Å². The average Bonchev–Trinajstić information content (AvgIpc) is 3.24. The average molecular weight is 525 g/mol. The van der Waals surface area contributed by atoms with Gasteiger partial charge in [0.1, 0.15) is 17.0 Å². The number of rotatable bonds is 8.